The fourth-order valence-electron chi connectivity index (χ4n) is 3.41. The Kier molecular flexibility index (Phi) is 3.76. The number of likely N-dealkylation sites (tertiary alicyclic amines) is 1. The molecule has 0 saturated carbocycles. The van der Waals surface area contributed by atoms with Gasteiger partial charge in [-0.1, -0.05) is 11.6 Å². The van der Waals surface area contributed by atoms with Crippen molar-refractivity contribution in [3.8, 4) is 0 Å². The molecule has 0 aromatic heterocycles. The van der Waals surface area contributed by atoms with Crippen LogP contribution in [0.3, 0.4) is 0 Å². The molecule has 0 radical (unpaired) electrons. The van der Waals surface area contributed by atoms with Gasteiger partial charge in [0.15, 0.2) is 0 Å². The molecule has 2 heterocycles. The first-order valence-corrected chi connectivity index (χ1v) is 8.24. The van der Waals surface area contributed by atoms with Crippen molar-refractivity contribution in [2.24, 2.45) is 0 Å². The lowest BCUT2D eigenvalue weighted by Gasteiger charge is -2.53. The zero-order chi connectivity index (χ0) is 16.0. The standard InChI is InChI=1S/C17H23ClN2O2/c1-16(2,3)22-15(21)20-10-8-17(20)7-4-9-19-14-6-5-12(18)11-13(14)17/h5-6,11,19H,4,7-10H2,1-3H3. The summed E-state index contributed by atoms with van der Waals surface area (Å²) in [6, 6.07) is 5.89. The summed E-state index contributed by atoms with van der Waals surface area (Å²) < 4.78 is 5.59. The van der Waals surface area contributed by atoms with E-state index in [9.17, 15) is 4.79 Å². The highest BCUT2D eigenvalue weighted by molar-refractivity contribution is 6.30. The number of nitrogens with one attached hydrogen (secondary N) is 1. The second-order valence-electron chi connectivity index (χ2n) is 7.13. The Bertz CT molecular complexity index is 597. The minimum absolute atomic E-state index is 0.230. The molecule has 1 saturated heterocycles. The number of amides is 1. The Morgan fingerprint density at radius 2 is 2.14 bits per heavy atom. The van der Waals surface area contributed by atoms with E-state index in [1.165, 1.54) is 0 Å². The van der Waals surface area contributed by atoms with Crippen LogP contribution in [0.4, 0.5) is 10.5 Å². The Morgan fingerprint density at radius 1 is 1.36 bits per heavy atom. The van der Waals surface area contributed by atoms with Gasteiger partial charge in [0, 0.05) is 29.4 Å². The number of hydrogen-bond donors (Lipinski definition) is 1. The average molecular weight is 323 g/mol. The van der Waals surface area contributed by atoms with Crippen LogP contribution < -0.4 is 5.32 Å². The molecule has 2 aliphatic heterocycles. The summed E-state index contributed by atoms with van der Waals surface area (Å²) in [7, 11) is 0. The summed E-state index contributed by atoms with van der Waals surface area (Å²) in [5, 5.41) is 4.15. The van der Waals surface area contributed by atoms with Crippen LogP contribution >= 0.6 is 11.6 Å². The monoisotopic (exact) mass is 322 g/mol. The molecule has 0 aliphatic carbocycles. The van der Waals surface area contributed by atoms with Crippen LogP contribution in [-0.2, 0) is 10.3 Å². The van der Waals surface area contributed by atoms with Crippen molar-refractivity contribution in [3.63, 3.8) is 0 Å². The summed E-state index contributed by atoms with van der Waals surface area (Å²) in [6.45, 7) is 7.35. The molecule has 1 amide bonds. The average Bonchev–Trinajstić information content (AvgIpc) is 2.55. The van der Waals surface area contributed by atoms with Gasteiger partial charge in [0.25, 0.3) is 0 Å². The maximum absolute atomic E-state index is 12.6. The fourth-order valence-corrected chi connectivity index (χ4v) is 3.58. The predicted octanol–water partition coefficient (Wildman–Crippen LogP) is 4.38. The lowest BCUT2D eigenvalue weighted by molar-refractivity contribution is -0.0509. The smallest absolute Gasteiger partial charge is 0.411 e. The SMILES string of the molecule is CC(C)(C)OC(=O)N1CCC12CCCNc1ccc(Cl)cc12. The molecular weight excluding hydrogens is 300 g/mol. The molecular formula is C17H23ClN2O2. The molecule has 1 unspecified atom stereocenters. The van der Waals surface area contributed by atoms with Gasteiger partial charge in [-0.3, -0.25) is 4.90 Å². The third kappa shape index (κ3) is 2.65. The van der Waals surface area contributed by atoms with Gasteiger partial charge in [-0.25, -0.2) is 4.79 Å². The Hall–Kier alpha value is -1.42. The van der Waals surface area contributed by atoms with Crippen LogP contribution in [0.25, 0.3) is 0 Å². The van der Waals surface area contributed by atoms with Crippen molar-refractivity contribution < 1.29 is 9.53 Å². The normalized spacial score (nSPS) is 24.1. The molecule has 4 nitrogen and oxygen atoms in total. The van der Waals surface area contributed by atoms with E-state index in [4.69, 9.17) is 16.3 Å². The van der Waals surface area contributed by atoms with Gasteiger partial charge in [-0.15, -0.1) is 0 Å². The third-order valence-electron chi connectivity index (χ3n) is 4.45. The van der Waals surface area contributed by atoms with Gasteiger partial charge in [-0.2, -0.15) is 0 Å². The maximum atomic E-state index is 12.6. The summed E-state index contributed by atoms with van der Waals surface area (Å²) >= 11 is 6.21. The Morgan fingerprint density at radius 3 is 2.77 bits per heavy atom. The lowest BCUT2D eigenvalue weighted by Crippen LogP contribution is -2.60. The highest BCUT2D eigenvalue weighted by atomic mass is 35.5. The minimum Gasteiger partial charge on any atom is -0.444 e. The predicted molar refractivity (Wildman–Crippen MR) is 88.4 cm³/mol. The van der Waals surface area contributed by atoms with Crippen molar-refractivity contribution in [2.75, 3.05) is 18.4 Å². The van der Waals surface area contributed by atoms with Crippen molar-refractivity contribution in [2.45, 2.75) is 51.2 Å². The summed E-state index contributed by atoms with van der Waals surface area (Å²) in [4.78, 5) is 14.4. The topological polar surface area (TPSA) is 41.6 Å². The van der Waals surface area contributed by atoms with E-state index >= 15 is 0 Å². The molecule has 0 bridgehead atoms. The third-order valence-corrected chi connectivity index (χ3v) is 4.68. The van der Waals surface area contributed by atoms with Crippen LogP contribution in [0.5, 0.6) is 0 Å². The van der Waals surface area contributed by atoms with Gasteiger partial charge in [0.2, 0.25) is 0 Å². The number of ether oxygens (including phenoxy) is 1. The molecule has 22 heavy (non-hydrogen) atoms. The minimum atomic E-state index is -0.478. The summed E-state index contributed by atoms with van der Waals surface area (Å²) in [5.41, 5.74) is 1.45. The fraction of sp³-hybridized carbons (Fsp3) is 0.588. The zero-order valence-electron chi connectivity index (χ0n) is 13.4. The first-order valence-electron chi connectivity index (χ1n) is 7.86. The number of carbonyl (C=O) groups is 1. The lowest BCUT2D eigenvalue weighted by atomic mass is 9.75. The highest BCUT2D eigenvalue weighted by Gasteiger charge is 2.51. The summed E-state index contributed by atoms with van der Waals surface area (Å²) in [6.07, 6.45) is 2.69. The number of nitrogens with zero attached hydrogens (tertiary/aromatic N) is 1. The zero-order valence-corrected chi connectivity index (χ0v) is 14.2. The van der Waals surface area contributed by atoms with Crippen molar-refractivity contribution in [1.82, 2.24) is 4.90 Å². The second kappa shape index (κ2) is 5.34. The Labute approximate surface area is 136 Å². The molecule has 2 aliphatic rings. The maximum Gasteiger partial charge on any atom is 0.411 e. The van der Waals surface area contributed by atoms with Crippen LogP contribution in [0.1, 0.15) is 45.6 Å². The second-order valence-corrected chi connectivity index (χ2v) is 7.57. The van der Waals surface area contributed by atoms with Crippen molar-refractivity contribution in [3.05, 3.63) is 28.8 Å². The molecule has 5 heteroatoms. The van der Waals surface area contributed by atoms with Crippen LogP contribution in [0.15, 0.2) is 18.2 Å². The van der Waals surface area contributed by atoms with E-state index in [1.54, 1.807) is 0 Å². The molecule has 1 aromatic carbocycles. The molecule has 1 fully saturated rings. The largest absolute Gasteiger partial charge is 0.444 e. The van der Waals surface area contributed by atoms with Crippen LogP contribution in [0.2, 0.25) is 5.02 Å². The van der Waals surface area contributed by atoms with Gasteiger partial charge < -0.3 is 10.1 Å². The van der Waals surface area contributed by atoms with Gasteiger partial charge in [0.05, 0.1) is 5.54 Å². The molecule has 1 aromatic rings. The van der Waals surface area contributed by atoms with E-state index in [1.807, 2.05) is 43.9 Å². The molecule has 1 atom stereocenters. The number of carbonyl (C=O) groups excluding carboxylic acids is 1. The van der Waals surface area contributed by atoms with E-state index < -0.39 is 5.60 Å². The van der Waals surface area contributed by atoms with Gasteiger partial charge in [0.1, 0.15) is 5.60 Å². The van der Waals surface area contributed by atoms with Crippen molar-refractivity contribution in [1.29, 1.82) is 0 Å². The number of hydrogen-bond acceptors (Lipinski definition) is 3. The molecule has 1 N–H and O–H groups in total. The van der Waals surface area contributed by atoms with Gasteiger partial charge >= 0.3 is 6.09 Å². The first kappa shape index (κ1) is 15.5. The summed E-state index contributed by atoms with van der Waals surface area (Å²) in [5.74, 6) is 0. The molecule has 120 valence electrons. The number of halogens is 1. The van der Waals surface area contributed by atoms with Crippen LogP contribution in [-0.4, -0.2) is 29.7 Å². The molecule has 1 spiro atoms. The van der Waals surface area contributed by atoms with E-state index in [2.05, 4.69) is 5.32 Å². The quantitative estimate of drug-likeness (QED) is 0.770. The van der Waals surface area contributed by atoms with Crippen LogP contribution in [0, 0.1) is 0 Å². The molecule has 3 rings (SSSR count). The number of fused-ring (bicyclic) bond motifs is 2. The van der Waals surface area contributed by atoms with E-state index in [0.717, 1.165) is 43.6 Å². The highest BCUT2D eigenvalue weighted by Crippen LogP contribution is 2.49. The van der Waals surface area contributed by atoms with Gasteiger partial charge in [-0.05, 0) is 58.2 Å². The number of anilines is 1. The Balaban J connectivity index is 1.96. The first-order chi connectivity index (χ1) is 10.3. The van der Waals surface area contributed by atoms with Crippen molar-refractivity contribution >= 4 is 23.4 Å². The number of benzene rings is 1. The number of rotatable bonds is 0. The van der Waals surface area contributed by atoms with E-state index in [-0.39, 0.29) is 11.6 Å². The van der Waals surface area contributed by atoms with E-state index in [0.29, 0.717) is 5.02 Å².